The molecule has 3 heteroatoms. The normalized spacial score (nSPS) is 17.6. The fourth-order valence-electron chi connectivity index (χ4n) is 2.34. The molecule has 1 saturated carbocycles. The summed E-state index contributed by atoms with van der Waals surface area (Å²) in [4.78, 5) is 22.3. The summed E-state index contributed by atoms with van der Waals surface area (Å²) in [5.41, 5.74) is 0.262. The van der Waals surface area contributed by atoms with Gasteiger partial charge in [-0.3, -0.25) is 4.79 Å². The third kappa shape index (κ3) is 3.95. The Morgan fingerprint density at radius 1 is 1.19 bits per heavy atom. The number of carbonyl (C=O) groups is 2. The molecule has 0 heterocycles. The zero-order valence-corrected chi connectivity index (χ0v) is 10.4. The second-order valence-electron chi connectivity index (χ2n) is 4.86. The third-order valence-corrected chi connectivity index (χ3v) is 3.59. The van der Waals surface area contributed by atoms with E-state index in [4.69, 9.17) is 4.74 Å². The highest BCUT2D eigenvalue weighted by atomic mass is 16.5. The number of hydrogen-bond acceptors (Lipinski definition) is 3. The molecule has 1 rings (SSSR count). The van der Waals surface area contributed by atoms with Crippen molar-refractivity contribution >= 4 is 11.8 Å². The molecule has 1 fully saturated rings. The van der Waals surface area contributed by atoms with E-state index in [0.717, 1.165) is 12.8 Å². The predicted octanol–water partition coefficient (Wildman–Crippen LogP) is 2.87. The fraction of sp³-hybridized carbons (Fsp3) is 0.846. The molecule has 16 heavy (non-hydrogen) atoms. The number of ketones is 1. The van der Waals surface area contributed by atoms with Gasteiger partial charge in [-0.1, -0.05) is 6.42 Å². The van der Waals surface area contributed by atoms with Crippen LogP contribution in [0.5, 0.6) is 0 Å². The van der Waals surface area contributed by atoms with E-state index in [9.17, 15) is 9.59 Å². The molecule has 1 aliphatic carbocycles. The van der Waals surface area contributed by atoms with Gasteiger partial charge >= 0.3 is 5.97 Å². The highest BCUT2D eigenvalue weighted by Crippen LogP contribution is 2.48. The minimum Gasteiger partial charge on any atom is -0.466 e. The fourth-order valence-corrected chi connectivity index (χ4v) is 2.34. The summed E-state index contributed by atoms with van der Waals surface area (Å²) in [6, 6.07) is 0. The van der Waals surface area contributed by atoms with Crippen molar-refractivity contribution in [2.75, 3.05) is 6.61 Å². The van der Waals surface area contributed by atoms with Gasteiger partial charge in [-0.2, -0.15) is 0 Å². The maximum atomic E-state index is 11.3. The maximum absolute atomic E-state index is 11.3. The molecular formula is C13H22O3. The van der Waals surface area contributed by atoms with E-state index in [1.165, 1.54) is 19.3 Å². The molecule has 0 saturated heterocycles. The van der Waals surface area contributed by atoms with Crippen molar-refractivity contribution in [2.24, 2.45) is 5.41 Å². The van der Waals surface area contributed by atoms with Crippen molar-refractivity contribution in [2.45, 2.75) is 58.8 Å². The first kappa shape index (κ1) is 13.2. The highest BCUT2D eigenvalue weighted by molar-refractivity contribution is 5.75. The summed E-state index contributed by atoms with van der Waals surface area (Å²) in [6.07, 6.45) is 6.57. The van der Waals surface area contributed by atoms with E-state index in [0.29, 0.717) is 19.4 Å². The Morgan fingerprint density at radius 3 is 2.25 bits per heavy atom. The second-order valence-corrected chi connectivity index (χ2v) is 4.86. The number of hydrogen-bond donors (Lipinski definition) is 0. The van der Waals surface area contributed by atoms with Crippen molar-refractivity contribution in [1.82, 2.24) is 0 Å². The zero-order chi connectivity index (χ0) is 12.0. The molecule has 0 aliphatic heterocycles. The first-order valence-corrected chi connectivity index (χ1v) is 6.23. The number of carbonyl (C=O) groups excluding carboxylic acids is 2. The van der Waals surface area contributed by atoms with Crippen molar-refractivity contribution < 1.29 is 14.3 Å². The van der Waals surface area contributed by atoms with Gasteiger partial charge in [0, 0.05) is 12.8 Å². The van der Waals surface area contributed by atoms with Gasteiger partial charge in [0.15, 0.2) is 0 Å². The molecule has 0 radical (unpaired) electrons. The van der Waals surface area contributed by atoms with Crippen molar-refractivity contribution in [3.63, 3.8) is 0 Å². The van der Waals surface area contributed by atoms with E-state index in [-0.39, 0.29) is 17.2 Å². The number of Topliss-reactive ketones (excluding diaryl/α,β-unsaturated/α-hetero) is 1. The molecule has 0 aromatic rings. The summed E-state index contributed by atoms with van der Waals surface area (Å²) in [6.45, 7) is 3.92. The van der Waals surface area contributed by atoms with Gasteiger partial charge in [-0.15, -0.1) is 0 Å². The number of esters is 1. The van der Waals surface area contributed by atoms with E-state index in [1.54, 1.807) is 6.92 Å². The van der Waals surface area contributed by atoms with E-state index in [1.807, 2.05) is 6.92 Å². The smallest absolute Gasteiger partial charge is 0.305 e. The molecule has 0 N–H and O–H groups in total. The summed E-state index contributed by atoms with van der Waals surface area (Å²) < 4.78 is 4.93. The van der Waals surface area contributed by atoms with Crippen LogP contribution in [0.1, 0.15) is 58.8 Å². The van der Waals surface area contributed by atoms with Crippen LogP contribution in [0.15, 0.2) is 0 Å². The van der Waals surface area contributed by atoms with Crippen LogP contribution in [0.3, 0.4) is 0 Å². The molecule has 92 valence electrons. The van der Waals surface area contributed by atoms with Crippen molar-refractivity contribution in [3.05, 3.63) is 0 Å². The van der Waals surface area contributed by atoms with Gasteiger partial charge in [0.1, 0.15) is 5.78 Å². The average molecular weight is 226 g/mol. The molecule has 0 atom stereocenters. The summed E-state index contributed by atoms with van der Waals surface area (Å²) >= 11 is 0. The lowest BCUT2D eigenvalue weighted by molar-refractivity contribution is -0.144. The van der Waals surface area contributed by atoms with Gasteiger partial charge in [0.25, 0.3) is 0 Å². The van der Waals surface area contributed by atoms with Crippen LogP contribution in [-0.4, -0.2) is 18.4 Å². The van der Waals surface area contributed by atoms with Crippen LogP contribution < -0.4 is 0 Å². The average Bonchev–Trinajstić information content (AvgIpc) is 2.15. The standard InChI is InChI=1S/C13H22O3/c1-3-16-12(15)6-10-13(7-4-8-13)9-5-11(2)14/h3-10H2,1-2H3. The second kappa shape index (κ2) is 6.02. The highest BCUT2D eigenvalue weighted by Gasteiger charge is 2.36. The SMILES string of the molecule is CCOC(=O)CCC1(CCC(C)=O)CCC1. The monoisotopic (exact) mass is 226 g/mol. The van der Waals surface area contributed by atoms with Crippen LogP contribution in [0.2, 0.25) is 0 Å². The van der Waals surface area contributed by atoms with Gasteiger partial charge in [-0.05, 0) is 44.9 Å². The Bertz CT molecular complexity index is 254. The lowest BCUT2D eigenvalue weighted by atomic mass is 9.63. The first-order valence-electron chi connectivity index (χ1n) is 6.23. The van der Waals surface area contributed by atoms with E-state index in [2.05, 4.69) is 0 Å². The molecule has 0 unspecified atom stereocenters. The van der Waals surface area contributed by atoms with Gasteiger partial charge in [0.05, 0.1) is 6.61 Å². The molecular weight excluding hydrogens is 204 g/mol. The lowest BCUT2D eigenvalue weighted by Gasteiger charge is -2.42. The Kier molecular flexibility index (Phi) is 4.97. The largest absolute Gasteiger partial charge is 0.466 e. The van der Waals surface area contributed by atoms with Crippen LogP contribution in [0.25, 0.3) is 0 Å². The van der Waals surface area contributed by atoms with Crippen LogP contribution >= 0.6 is 0 Å². The molecule has 0 bridgehead atoms. The Morgan fingerprint density at radius 2 is 1.81 bits per heavy atom. The maximum Gasteiger partial charge on any atom is 0.305 e. The van der Waals surface area contributed by atoms with Gasteiger partial charge in [0.2, 0.25) is 0 Å². The number of ether oxygens (including phenoxy) is 1. The quantitative estimate of drug-likeness (QED) is 0.627. The van der Waals surface area contributed by atoms with E-state index < -0.39 is 0 Å². The third-order valence-electron chi connectivity index (χ3n) is 3.59. The topological polar surface area (TPSA) is 43.4 Å². The van der Waals surface area contributed by atoms with E-state index >= 15 is 0 Å². The zero-order valence-electron chi connectivity index (χ0n) is 10.4. The number of rotatable bonds is 7. The minimum absolute atomic E-state index is 0.100. The summed E-state index contributed by atoms with van der Waals surface area (Å²) in [5.74, 6) is 0.152. The minimum atomic E-state index is -0.100. The van der Waals surface area contributed by atoms with Gasteiger partial charge in [-0.25, -0.2) is 0 Å². The Labute approximate surface area is 97.5 Å². The van der Waals surface area contributed by atoms with Crippen LogP contribution in [0, 0.1) is 5.41 Å². The molecule has 1 aliphatic rings. The molecule has 0 aromatic heterocycles. The van der Waals surface area contributed by atoms with Crippen molar-refractivity contribution in [3.8, 4) is 0 Å². The first-order chi connectivity index (χ1) is 7.58. The predicted molar refractivity (Wildman–Crippen MR) is 62.1 cm³/mol. The molecule has 0 amide bonds. The van der Waals surface area contributed by atoms with Gasteiger partial charge < -0.3 is 9.53 Å². The molecule has 0 aromatic carbocycles. The molecule has 3 nitrogen and oxygen atoms in total. The lowest BCUT2D eigenvalue weighted by Crippen LogP contribution is -2.30. The Hall–Kier alpha value is -0.860. The summed E-state index contributed by atoms with van der Waals surface area (Å²) in [5, 5.41) is 0. The molecule has 0 spiro atoms. The Balaban J connectivity index is 2.30. The summed E-state index contributed by atoms with van der Waals surface area (Å²) in [7, 11) is 0. The van der Waals surface area contributed by atoms with Crippen LogP contribution in [-0.2, 0) is 14.3 Å². The van der Waals surface area contributed by atoms with Crippen molar-refractivity contribution in [1.29, 1.82) is 0 Å². The van der Waals surface area contributed by atoms with Crippen LogP contribution in [0.4, 0.5) is 0 Å².